The Balaban J connectivity index is 2.16. The van der Waals surface area contributed by atoms with Gasteiger partial charge in [-0.1, -0.05) is 31.6 Å². The van der Waals surface area contributed by atoms with Crippen molar-refractivity contribution in [2.75, 3.05) is 6.54 Å². The molecule has 0 aromatic carbocycles. The first-order chi connectivity index (χ1) is 10.8. The van der Waals surface area contributed by atoms with Crippen LogP contribution in [0.25, 0.3) is 0 Å². The van der Waals surface area contributed by atoms with E-state index in [1.165, 1.54) is 5.57 Å². The zero-order chi connectivity index (χ0) is 17.1. The topological polar surface area (TPSA) is 55.5 Å². The van der Waals surface area contributed by atoms with E-state index in [-0.39, 0.29) is 11.5 Å². The summed E-state index contributed by atoms with van der Waals surface area (Å²) >= 11 is 0. The third-order valence-corrected chi connectivity index (χ3v) is 5.08. The van der Waals surface area contributed by atoms with Gasteiger partial charge in [-0.15, -0.1) is 0 Å². The molecule has 3 atom stereocenters. The van der Waals surface area contributed by atoms with E-state index < -0.39 is 5.60 Å². The maximum atomic E-state index is 10.8. The third-order valence-electron chi connectivity index (χ3n) is 5.08. The molecule has 0 saturated heterocycles. The molecule has 2 aliphatic carbocycles. The molecular formula is C20H31NO2. The van der Waals surface area contributed by atoms with Crippen molar-refractivity contribution in [1.29, 1.82) is 0 Å². The lowest BCUT2D eigenvalue weighted by Gasteiger charge is -2.38. The molecule has 0 heterocycles. The first kappa shape index (κ1) is 18.0. The number of rotatable bonds is 6. The monoisotopic (exact) mass is 317 g/mol. The molecule has 0 bridgehead atoms. The number of hydrogen-bond acceptors (Lipinski definition) is 3. The summed E-state index contributed by atoms with van der Waals surface area (Å²) in [4.78, 5) is 0. The zero-order valence-corrected chi connectivity index (χ0v) is 14.9. The van der Waals surface area contributed by atoms with Crippen LogP contribution in [0.15, 0.2) is 47.3 Å². The highest BCUT2D eigenvalue weighted by molar-refractivity contribution is 5.35. The fourth-order valence-corrected chi connectivity index (χ4v) is 3.45. The van der Waals surface area contributed by atoms with Crippen molar-refractivity contribution in [3.8, 4) is 0 Å². The predicted octanol–water partition coefficient (Wildman–Crippen LogP) is 4.01. The molecule has 128 valence electrons. The minimum absolute atomic E-state index is 0.0944. The SMILES string of the molecule is CCC1=CC(OC2(C)C=CC(CCN)=CC2)=CC(CC)C1(C)O. The summed E-state index contributed by atoms with van der Waals surface area (Å²) in [6.07, 6.45) is 14.1. The van der Waals surface area contributed by atoms with Gasteiger partial charge in [-0.2, -0.15) is 0 Å². The van der Waals surface area contributed by atoms with Crippen molar-refractivity contribution in [2.24, 2.45) is 11.7 Å². The van der Waals surface area contributed by atoms with Crippen LogP contribution in [0.5, 0.6) is 0 Å². The molecule has 0 spiro atoms. The van der Waals surface area contributed by atoms with Crippen LogP contribution in [0, 0.1) is 5.92 Å². The Morgan fingerprint density at radius 1 is 1.35 bits per heavy atom. The zero-order valence-electron chi connectivity index (χ0n) is 14.9. The summed E-state index contributed by atoms with van der Waals surface area (Å²) in [6.45, 7) is 8.88. The molecule has 0 aromatic heterocycles. The van der Waals surface area contributed by atoms with Crippen LogP contribution in [-0.4, -0.2) is 22.9 Å². The standard InChI is InChI=1S/C20H31NO2/c1-5-16-13-18(14-17(6-2)20(16,4)22)23-19(3)10-7-15(8-11-19)9-12-21/h7-8,10,13-14,16,22H,5-6,9,11-12,21H2,1-4H3. The molecule has 0 fully saturated rings. The molecule has 3 N–H and O–H groups in total. The molecule has 0 saturated carbocycles. The molecule has 23 heavy (non-hydrogen) atoms. The van der Waals surface area contributed by atoms with Crippen LogP contribution in [0.1, 0.15) is 53.4 Å². The van der Waals surface area contributed by atoms with Gasteiger partial charge in [-0.3, -0.25) is 0 Å². The second kappa shape index (κ2) is 7.06. The third kappa shape index (κ3) is 3.96. The van der Waals surface area contributed by atoms with E-state index in [9.17, 15) is 5.11 Å². The van der Waals surface area contributed by atoms with Crippen molar-refractivity contribution in [3.63, 3.8) is 0 Å². The van der Waals surface area contributed by atoms with Crippen LogP contribution in [0.3, 0.4) is 0 Å². The largest absolute Gasteiger partial charge is 0.483 e. The minimum atomic E-state index is -0.770. The molecule has 2 rings (SSSR count). The van der Waals surface area contributed by atoms with E-state index in [0.29, 0.717) is 6.54 Å². The number of ether oxygens (including phenoxy) is 1. The molecule has 2 aliphatic rings. The molecule has 3 unspecified atom stereocenters. The Bertz CT molecular complexity index is 554. The first-order valence-electron chi connectivity index (χ1n) is 8.77. The highest BCUT2D eigenvalue weighted by atomic mass is 16.5. The van der Waals surface area contributed by atoms with Gasteiger partial charge in [0.05, 0.1) is 5.60 Å². The van der Waals surface area contributed by atoms with Gasteiger partial charge in [0.25, 0.3) is 0 Å². The van der Waals surface area contributed by atoms with Crippen LogP contribution in [0.2, 0.25) is 0 Å². The summed E-state index contributed by atoms with van der Waals surface area (Å²) in [5, 5.41) is 10.8. The van der Waals surface area contributed by atoms with Gasteiger partial charge in [-0.05, 0) is 63.5 Å². The maximum absolute atomic E-state index is 10.8. The molecule has 0 amide bonds. The van der Waals surface area contributed by atoms with E-state index in [4.69, 9.17) is 10.5 Å². The Hall–Kier alpha value is -1.32. The average molecular weight is 317 g/mol. The lowest BCUT2D eigenvalue weighted by atomic mass is 9.76. The van der Waals surface area contributed by atoms with Crippen molar-refractivity contribution < 1.29 is 9.84 Å². The average Bonchev–Trinajstić information content (AvgIpc) is 2.51. The van der Waals surface area contributed by atoms with Gasteiger partial charge in [0, 0.05) is 12.3 Å². The van der Waals surface area contributed by atoms with Gasteiger partial charge < -0.3 is 15.6 Å². The number of allylic oxidation sites excluding steroid dienone is 2. The highest BCUT2D eigenvalue weighted by Gasteiger charge is 2.37. The van der Waals surface area contributed by atoms with Gasteiger partial charge in [-0.25, -0.2) is 0 Å². The van der Waals surface area contributed by atoms with Gasteiger partial charge in [0.15, 0.2) is 0 Å². The normalized spacial score (nSPS) is 33.8. The van der Waals surface area contributed by atoms with Crippen LogP contribution in [-0.2, 0) is 4.74 Å². The molecule has 3 nitrogen and oxygen atoms in total. The Morgan fingerprint density at radius 3 is 2.61 bits per heavy atom. The maximum Gasteiger partial charge on any atom is 0.128 e. The van der Waals surface area contributed by atoms with Gasteiger partial charge in [0.1, 0.15) is 11.4 Å². The molecule has 0 aliphatic heterocycles. The van der Waals surface area contributed by atoms with E-state index in [1.807, 2.05) is 13.0 Å². The van der Waals surface area contributed by atoms with Gasteiger partial charge in [0.2, 0.25) is 0 Å². The number of hydrogen-bond donors (Lipinski definition) is 2. The van der Waals surface area contributed by atoms with Crippen molar-refractivity contribution in [1.82, 2.24) is 0 Å². The first-order valence-corrected chi connectivity index (χ1v) is 8.77. The van der Waals surface area contributed by atoms with Crippen LogP contribution >= 0.6 is 0 Å². The second-order valence-corrected chi connectivity index (χ2v) is 7.02. The quantitative estimate of drug-likeness (QED) is 0.778. The molecule has 0 radical (unpaired) electrons. The Kier molecular flexibility index (Phi) is 5.53. The van der Waals surface area contributed by atoms with Crippen LogP contribution in [0.4, 0.5) is 0 Å². The number of aliphatic hydroxyl groups is 1. The fraction of sp³-hybridized carbons (Fsp3) is 0.600. The smallest absolute Gasteiger partial charge is 0.128 e. The summed E-state index contributed by atoms with van der Waals surface area (Å²) in [5.41, 5.74) is 6.84. The lowest BCUT2D eigenvalue weighted by Crippen LogP contribution is -2.38. The summed E-state index contributed by atoms with van der Waals surface area (Å²) in [7, 11) is 0. The van der Waals surface area contributed by atoms with E-state index in [1.54, 1.807) is 0 Å². The second-order valence-electron chi connectivity index (χ2n) is 7.02. The van der Waals surface area contributed by atoms with Crippen molar-refractivity contribution in [2.45, 2.75) is 64.6 Å². The number of nitrogens with two attached hydrogens (primary N) is 1. The van der Waals surface area contributed by atoms with Crippen molar-refractivity contribution >= 4 is 0 Å². The van der Waals surface area contributed by atoms with E-state index in [2.05, 4.69) is 45.1 Å². The fourth-order valence-electron chi connectivity index (χ4n) is 3.45. The predicted molar refractivity (Wildman–Crippen MR) is 95.9 cm³/mol. The highest BCUT2D eigenvalue weighted by Crippen LogP contribution is 2.39. The lowest BCUT2D eigenvalue weighted by molar-refractivity contribution is 0.0311. The van der Waals surface area contributed by atoms with Crippen LogP contribution < -0.4 is 5.73 Å². The Morgan fingerprint density at radius 2 is 2.09 bits per heavy atom. The van der Waals surface area contributed by atoms with E-state index >= 15 is 0 Å². The molecule has 3 heteroatoms. The molecular weight excluding hydrogens is 286 g/mol. The molecule has 0 aromatic rings. The van der Waals surface area contributed by atoms with Gasteiger partial charge >= 0.3 is 0 Å². The minimum Gasteiger partial charge on any atom is -0.483 e. The summed E-state index contributed by atoms with van der Waals surface area (Å²) < 4.78 is 6.31. The Labute approximate surface area is 140 Å². The summed E-state index contributed by atoms with van der Waals surface area (Å²) in [5.74, 6) is 0.972. The summed E-state index contributed by atoms with van der Waals surface area (Å²) in [6, 6.07) is 0. The van der Waals surface area contributed by atoms with E-state index in [0.717, 1.165) is 37.0 Å². The van der Waals surface area contributed by atoms with Crippen molar-refractivity contribution in [3.05, 3.63) is 47.3 Å².